The highest BCUT2D eigenvalue weighted by Gasteiger charge is 2.43. The van der Waals surface area contributed by atoms with Crippen LogP contribution in [0.25, 0.3) is 0 Å². The molecule has 2 saturated heterocycles. The summed E-state index contributed by atoms with van der Waals surface area (Å²) in [5.41, 5.74) is 3.51. The largest absolute Gasteiger partial charge is 0.496 e. The lowest BCUT2D eigenvalue weighted by molar-refractivity contribution is 0.143. The molecule has 3 fully saturated rings. The van der Waals surface area contributed by atoms with Gasteiger partial charge in [-0.2, -0.15) is 0 Å². The van der Waals surface area contributed by atoms with Gasteiger partial charge in [-0.3, -0.25) is 4.90 Å². The number of ether oxygens (including phenoxy) is 2. The van der Waals surface area contributed by atoms with Crippen molar-refractivity contribution in [2.24, 2.45) is 4.99 Å². The van der Waals surface area contributed by atoms with Crippen molar-refractivity contribution in [1.82, 2.24) is 9.80 Å². The van der Waals surface area contributed by atoms with Crippen LogP contribution in [0.5, 0.6) is 5.75 Å². The van der Waals surface area contributed by atoms with E-state index in [9.17, 15) is 18.0 Å². The van der Waals surface area contributed by atoms with E-state index in [1.807, 2.05) is 13.0 Å². The van der Waals surface area contributed by atoms with E-state index in [4.69, 9.17) is 14.5 Å². The summed E-state index contributed by atoms with van der Waals surface area (Å²) in [7, 11) is 1.67. The maximum Gasteiger partial charge on any atom is 0.411 e. The molecule has 1 aromatic rings. The van der Waals surface area contributed by atoms with E-state index in [2.05, 4.69) is 23.1 Å². The smallest absolute Gasteiger partial charge is 0.411 e. The maximum atomic E-state index is 14.2. The van der Waals surface area contributed by atoms with Gasteiger partial charge < -0.3 is 14.4 Å². The molecule has 40 heavy (non-hydrogen) atoms. The van der Waals surface area contributed by atoms with Gasteiger partial charge >= 0.3 is 6.09 Å². The minimum atomic E-state index is -1.54. The Balaban J connectivity index is 1.32. The lowest BCUT2D eigenvalue weighted by Gasteiger charge is -2.33. The van der Waals surface area contributed by atoms with Crippen LogP contribution in [-0.2, 0) is 4.74 Å². The van der Waals surface area contributed by atoms with Gasteiger partial charge in [-0.15, -0.1) is 0 Å². The third-order valence-electron chi connectivity index (χ3n) is 8.64. The summed E-state index contributed by atoms with van der Waals surface area (Å²) in [6.45, 7) is 3.93. The molecule has 9 heteroatoms. The van der Waals surface area contributed by atoms with Crippen LogP contribution >= 0.6 is 0 Å². The van der Waals surface area contributed by atoms with E-state index in [-0.39, 0.29) is 18.9 Å². The number of allylic oxidation sites excluding steroid dienone is 6. The molecule has 3 atom stereocenters. The number of carbonyl (C=O) groups excluding carboxylic acids is 1. The van der Waals surface area contributed by atoms with Crippen molar-refractivity contribution in [3.05, 3.63) is 76.4 Å². The van der Waals surface area contributed by atoms with Crippen molar-refractivity contribution in [1.29, 1.82) is 0 Å². The van der Waals surface area contributed by atoms with E-state index in [1.54, 1.807) is 12.0 Å². The molecule has 3 heterocycles. The van der Waals surface area contributed by atoms with E-state index < -0.39 is 35.7 Å². The Kier molecular flexibility index (Phi) is 7.23. The van der Waals surface area contributed by atoms with Crippen LogP contribution in [0.2, 0.25) is 0 Å². The number of nitrogens with zero attached hydrogens (tertiary/aromatic N) is 3. The highest BCUT2D eigenvalue weighted by Crippen LogP contribution is 2.44. The second kappa shape index (κ2) is 10.8. The lowest BCUT2D eigenvalue weighted by Crippen LogP contribution is -2.40. The number of hydrogen-bond acceptors (Lipinski definition) is 5. The van der Waals surface area contributed by atoms with Gasteiger partial charge in [0.05, 0.1) is 19.7 Å². The van der Waals surface area contributed by atoms with Crippen LogP contribution < -0.4 is 4.74 Å². The van der Waals surface area contributed by atoms with Gasteiger partial charge in [0.25, 0.3) is 0 Å². The van der Waals surface area contributed by atoms with Gasteiger partial charge in [-0.25, -0.2) is 23.0 Å². The maximum absolute atomic E-state index is 14.2. The van der Waals surface area contributed by atoms with E-state index >= 15 is 0 Å². The Labute approximate surface area is 232 Å². The number of likely N-dealkylation sites (tertiary alicyclic amines) is 1. The van der Waals surface area contributed by atoms with Gasteiger partial charge in [-0.05, 0) is 86.8 Å². The summed E-state index contributed by atoms with van der Waals surface area (Å²) < 4.78 is 53.4. The van der Waals surface area contributed by atoms with Crippen molar-refractivity contribution < 1.29 is 27.4 Å². The van der Waals surface area contributed by atoms with Gasteiger partial charge in [-0.1, -0.05) is 12.1 Å². The molecule has 1 aromatic carbocycles. The number of benzene rings is 1. The molecule has 6 rings (SSSR count). The fraction of sp³-hybridized carbons (Fsp3) is 0.484. The van der Waals surface area contributed by atoms with E-state index in [1.165, 1.54) is 18.4 Å². The minimum Gasteiger partial charge on any atom is -0.496 e. The first-order chi connectivity index (χ1) is 19.3. The highest BCUT2D eigenvalue weighted by atomic mass is 19.2. The molecular weight excluding hydrogens is 519 g/mol. The quantitative estimate of drug-likeness (QED) is 0.366. The molecule has 0 bridgehead atoms. The van der Waals surface area contributed by atoms with Crippen molar-refractivity contribution >= 4 is 11.8 Å². The first kappa shape index (κ1) is 26.7. The van der Waals surface area contributed by atoms with Gasteiger partial charge in [0, 0.05) is 30.3 Å². The van der Waals surface area contributed by atoms with Crippen LogP contribution in [0.1, 0.15) is 68.4 Å². The molecule has 1 unspecified atom stereocenters. The normalized spacial score (nSPS) is 27.2. The Morgan fingerprint density at radius 1 is 1.12 bits per heavy atom. The van der Waals surface area contributed by atoms with E-state index in [0.717, 1.165) is 67.3 Å². The third kappa shape index (κ3) is 5.06. The second-order valence-corrected chi connectivity index (χ2v) is 11.2. The zero-order valence-corrected chi connectivity index (χ0v) is 22.8. The number of cyclic esters (lactones) is 1. The molecule has 1 amide bonds. The van der Waals surface area contributed by atoms with Gasteiger partial charge in [0.1, 0.15) is 17.7 Å². The fourth-order valence-corrected chi connectivity index (χ4v) is 6.01. The van der Waals surface area contributed by atoms with Crippen molar-refractivity contribution in [3.63, 3.8) is 0 Å². The number of halogens is 3. The summed E-state index contributed by atoms with van der Waals surface area (Å²) in [6, 6.07) is 5.91. The zero-order chi connectivity index (χ0) is 28.0. The Bertz CT molecular complexity index is 1360. The summed E-state index contributed by atoms with van der Waals surface area (Å²) in [6.07, 6.45) is 7.79. The molecule has 0 spiro atoms. The average Bonchev–Trinajstić information content (AvgIpc) is 3.75. The number of methoxy groups -OCH3 is 1. The van der Waals surface area contributed by atoms with Crippen molar-refractivity contribution in [2.45, 2.75) is 69.4 Å². The van der Waals surface area contributed by atoms with Crippen molar-refractivity contribution in [3.8, 4) is 5.75 Å². The van der Waals surface area contributed by atoms with Crippen LogP contribution in [-0.4, -0.2) is 60.5 Å². The molecule has 0 aromatic heterocycles. The molecular formula is C31H34F3N3O3. The Hall–Kier alpha value is -3.49. The second-order valence-electron chi connectivity index (χ2n) is 11.2. The third-order valence-corrected chi connectivity index (χ3v) is 8.64. The molecule has 2 aliphatic carbocycles. The Morgan fingerprint density at radius 3 is 2.62 bits per heavy atom. The monoisotopic (exact) mass is 553 g/mol. The fourth-order valence-electron chi connectivity index (χ4n) is 6.01. The minimum absolute atomic E-state index is 0.0562. The van der Waals surface area contributed by atoms with Crippen LogP contribution in [0.4, 0.5) is 18.0 Å². The standard InChI is InChI=1S/C31H34F3N3O3/c1-18-30(21-9-11-24(32)29(34)25(33)16-21)40-31(38)37(18)17-26-22(5-3-6-28(35-26)36-13-4-14-36)23-15-20(19-7-8-19)10-12-27(23)39-2/h6,10-12,15-16,18-19,22,30H,3-5,7-9,13-14,17H2,1-2H3/t18-,22?,30-/m0/s1. The lowest BCUT2D eigenvalue weighted by atomic mass is 9.87. The molecule has 6 nitrogen and oxygen atoms in total. The number of aliphatic imine (C=N–C) groups is 1. The van der Waals surface area contributed by atoms with E-state index in [0.29, 0.717) is 11.5 Å². The predicted molar refractivity (Wildman–Crippen MR) is 146 cm³/mol. The summed E-state index contributed by atoms with van der Waals surface area (Å²) >= 11 is 0. The molecule has 1 saturated carbocycles. The summed E-state index contributed by atoms with van der Waals surface area (Å²) in [4.78, 5) is 22.2. The molecule has 0 N–H and O–H groups in total. The molecule has 3 aliphatic heterocycles. The molecule has 0 radical (unpaired) electrons. The predicted octanol–water partition coefficient (Wildman–Crippen LogP) is 6.98. The molecule has 5 aliphatic rings. The summed E-state index contributed by atoms with van der Waals surface area (Å²) in [5.74, 6) is -1.87. The van der Waals surface area contributed by atoms with Gasteiger partial charge in [0.2, 0.25) is 0 Å². The number of hydrogen-bond donors (Lipinski definition) is 0. The van der Waals surface area contributed by atoms with Crippen LogP contribution in [0.3, 0.4) is 0 Å². The first-order valence-electron chi connectivity index (χ1n) is 14.1. The number of amides is 1. The van der Waals surface area contributed by atoms with Crippen LogP contribution in [0, 0.1) is 0 Å². The van der Waals surface area contributed by atoms with Gasteiger partial charge in [0.15, 0.2) is 17.5 Å². The number of rotatable bonds is 7. The summed E-state index contributed by atoms with van der Waals surface area (Å²) in [5, 5.41) is 0. The number of carbonyl (C=O) groups is 1. The van der Waals surface area contributed by atoms with Crippen LogP contribution in [0.15, 0.2) is 70.3 Å². The topological polar surface area (TPSA) is 54.4 Å². The average molecular weight is 554 g/mol. The van der Waals surface area contributed by atoms with Crippen molar-refractivity contribution in [2.75, 3.05) is 26.7 Å². The zero-order valence-electron chi connectivity index (χ0n) is 22.8. The Morgan fingerprint density at radius 2 is 1.93 bits per heavy atom. The SMILES string of the molecule is COc1ccc(C2CC2)cc1C1CCC=C(N2CCC2)N=C1CN1C(=O)O[C@H](C2=CC(F)=C(F)C(F)=CC2)[C@@H]1C. The molecule has 212 valence electrons. The highest BCUT2D eigenvalue weighted by molar-refractivity contribution is 5.96. The first-order valence-corrected chi connectivity index (χ1v) is 14.1.